The van der Waals surface area contributed by atoms with Crippen molar-refractivity contribution >= 4 is 10.0 Å². The lowest BCUT2D eigenvalue weighted by atomic mass is 9.87. The van der Waals surface area contributed by atoms with Crippen LogP contribution in [0.25, 0.3) is 0 Å². The quantitative estimate of drug-likeness (QED) is 0.843. The molecule has 2 aliphatic heterocycles. The summed E-state index contributed by atoms with van der Waals surface area (Å²) in [6.45, 7) is 7.42. The van der Waals surface area contributed by atoms with Crippen LogP contribution in [0, 0.1) is 0 Å². The largest absolute Gasteiger partial charge is 0.378 e. The zero-order chi connectivity index (χ0) is 15.3. The highest BCUT2D eigenvalue weighted by atomic mass is 32.2. The molecule has 0 amide bonds. The van der Waals surface area contributed by atoms with Crippen LogP contribution in [0.5, 0.6) is 0 Å². The summed E-state index contributed by atoms with van der Waals surface area (Å²) in [5.74, 6) is 0. The molecule has 1 aromatic rings. The summed E-state index contributed by atoms with van der Waals surface area (Å²) in [7, 11) is -3.41. The van der Waals surface area contributed by atoms with Crippen LogP contribution < -0.4 is 0 Å². The summed E-state index contributed by atoms with van der Waals surface area (Å²) in [6, 6.07) is 7.35. The van der Waals surface area contributed by atoms with Crippen LogP contribution in [0.15, 0.2) is 29.2 Å². The summed E-state index contributed by atoms with van der Waals surface area (Å²) in [5, 5.41) is 0. The first-order valence-electron chi connectivity index (χ1n) is 7.52. The molecule has 0 aliphatic carbocycles. The van der Waals surface area contributed by atoms with E-state index in [0.29, 0.717) is 18.1 Å². The summed E-state index contributed by atoms with van der Waals surface area (Å²) in [5.41, 5.74) is 1.17. The molecule has 0 aromatic heterocycles. The molecule has 2 bridgehead atoms. The van der Waals surface area contributed by atoms with Crippen LogP contribution in [0.1, 0.15) is 39.2 Å². The molecular formula is C16H23NO3S. The van der Waals surface area contributed by atoms with Crippen LogP contribution in [0.2, 0.25) is 0 Å². The molecule has 0 radical (unpaired) electrons. The Morgan fingerprint density at radius 3 is 2.05 bits per heavy atom. The SMILES string of the molecule is CC(C)(C)c1ccc(S(=O)(=O)N2[C@@H]3CC[C@@H]2COC3)cc1. The van der Waals surface area contributed by atoms with Crippen LogP contribution in [-0.4, -0.2) is 38.0 Å². The molecule has 1 aromatic carbocycles. The van der Waals surface area contributed by atoms with Gasteiger partial charge in [-0.3, -0.25) is 0 Å². The normalized spacial score (nSPS) is 27.0. The second-order valence-electron chi connectivity index (χ2n) is 7.03. The summed E-state index contributed by atoms with van der Waals surface area (Å²) in [6.07, 6.45) is 1.81. The molecule has 0 N–H and O–H groups in total. The topological polar surface area (TPSA) is 46.6 Å². The van der Waals surface area contributed by atoms with Gasteiger partial charge in [0.25, 0.3) is 0 Å². The molecule has 21 heavy (non-hydrogen) atoms. The Bertz CT molecular complexity index is 600. The van der Waals surface area contributed by atoms with E-state index in [4.69, 9.17) is 4.74 Å². The van der Waals surface area contributed by atoms with Crippen molar-refractivity contribution in [1.82, 2.24) is 4.31 Å². The first-order valence-corrected chi connectivity index (χ1v) is 8.96. The highest BCUT2D eigenvalue weighted by Crippen LogP contribution is 2.34. The van der Waals surface area contributed by atoms with Crippen molar-refractivity contribution in [2.75, 3.05) is 13.2 Å². The number of ether oxygens (including phenoxy) is 1. The van der Waals surface area contributed by atoms with E-state index in [-0.39, 0.29) is 17.5 Å². The van der Waals surface area contributed by atoms with Crippen molar-refractivity contribution < 1.29 is 13.2 Å². The lowest BCUT2D eigenvalue weighted by molar-refractivity contribution is 0.0269. The molecule has 2 fully saturated rings. The van der Waals surface area contributed by atoms with Crippen LogP contribution in [-0.2, 0) is 20.2 Å². The van der Waals surface area contributed by atoms with E-state index in [1.165, 1.54) is 0 Å². The van der Waals surface area contributed by atoms with Crippen molar-refractivity contribution in [3.63, 3.8) is 0 Å². The third kappa shape index (κ3) is 2.62. The molecule has 0 unspecified atom stereocenters. The second-order valence-corrected chi connectivity index (χ2v) is 8.87. The zero-order valence-corrected chi connectivity index (χ0v) is 13.7. The Morgan fingerprint density at radius 1 is 1.05 bits per heavy atom. The summed E-state index contributed by atoms with van der Waals surface area (Å²) < 4.78 is 32.9. The van der Waals surface area contributed by atoms with Gasteiger partial charge in [0.15, 0.2) is 0 Å². The maximum atomic E-state index is 12.9. The molecule has 2 heterocycles. The fourth-order valence-electron chi connectivity index (χ4n) is 3.23. The molecular weight excluding hydrogens is 286 g/mol. The minimum absolute atomic E-state index is 0.0102. The van der Waals surface area contributed by atoms with Gasteiger partial charge in [-0.15, -0.1) is 0 Å². The van der Waals surface area contributed by atoms with Gasteiger partial charge < -0.3 is 4.74 Å². The highest BCUT2D eigenvalue weighted by molar-refractivity contribution is 7.89. The van der Waals surface area contributed by atoms with Gasteiger partial charge in [0.05, 0.1) is 18.1 Å². The minimum atomic E-state index is -3.41. The fraction of sp³-hybridized carbons (Fsp3) is 0.625. The molecule has 0 saturated carbocycles. The van der Waals surface area contributed by atoms with Crippen LogP contribution in [0.3, 0.4) is 0 Å². The number of nitrogens with zero attached hydrogens (tertiary/aromatic N) is 1. The van der Waals surface area contributed by atoms with E-state index in [1.54, 1.807) is 16.4 Å². The monoisotopic (exact) mass is 309 g/mol. The van der Waals surface area contributed by atoms with Gasteiger partial charge in [0.1, 0.15) is 0 Å². The highest BCUT2D eigenvalue weighted by Gasteiger charge is 2.45. The number of sulfonamides is 1. The van der Waals surface area contributed by atoms with Gasteiger partial charge in [-0.2, -0.15) is 4.31 Å². The van der Waals surface area contributed by atoms with Gasteiger partial charge in [0.2, 0.25) is 10.0 Å². The van der Waals surface area contributed by atoms with E-state index in [1.807, 2.05) is 12.1 Å². The van der Waals surface area contributed by atoms with E-state index < -0.39 is 10.0 Å². The average molecular weight is 309 g/mol. The predicted molar refractivity (Wildman–Crippen MR) is 81.8 cm³/mol. The Balaban J connectivity index is 1.92. The summed E-state index contributed by atoms with van der Waals surface area (Å²) in [4.78, 5) is 0.398. The Morgan fingerprint density at radius 2 is 1.57 bits per heavy atom. The van der Waals surface area contributed by atoms with E-state index >= 15 is 0 Å². The average Bonchev–Trinajstić information content (AvgIpc) is 2.69. The fourth-order valence-corrected chi connectivity index (χ4v) is 5.07. The predicted octanol–water partition coefficient (Wildman–Crippen LogP) is 2.54. The molecule has 5 heteroatoms. The molecule has 3 rings (SSSR count). The number of morpholine rings is 1. The lowest BCUT2D eigenvalue weighted by Crippen LogP contribution is -2.48. The molecule has 2 atom stereocenters. The lowest BCUT2D eigenvalue weighted by Gasteiger charge is -2.33. The maximum absolute atomic E-state index is 12.9. The van der Waals surface area contributed by atoms with Gasteiger partial charge in [-0.05, 0) is 36.0 Å². The third-order valence-corrected chi connectivity index (χ3v) is 6.49. The van der Waals surface area contributed by atoms with E-state index in [2.05, 4.69) is 20.8 Å². The van der Waals surface area contributed by atoms with Crippen molar-refractivity contribution in [1.29, 1.82) is 0 Å². The zero-order valence-electron chi connectivity index (χ0n) is 12.9. The van der Waals surface area contributed by atoms with Crippen molar-refractivity contribution in [3.05, 3.63) is 29.8 Å². The smallest absolute Gasteiger partial charge is 0.243 e. The Hall–Kier alpha value is -0.910. The minimum Gasteiger partial charge on any atom is -0.378 e. The standard InChI is InChI=1S/C16H23NO3S/c1-16(2,3)12-4-8-15(9-5-12)21(18,19)17-13-6-7-14(17)11-20-10-13/h4-5,8-9,13-14H,6-7,10-11H2,1-3H3/t13-,14-/m1/s1. The number of hydrogen-bond acceptors (Lipinski definition) is 3. The molecule has 2 saturated heterocycles. The maximum Gasteiger partial charge on any atom is 0.243 e. The van der Waals surface area contributed by atoms with Gasteiger partial charge in [0, 0.05) is 12.1 Å². The van der Waals surface area contributed by atoms with Gasteiger partial charge in [-0.1, -0.05) is 32.9 Å². The Kier molecular flexibility index (Phi) is 3.62. The first kappa shape index (κ1) is 15.0. The second kappa shape index (κ2) is 5.07. The third-order valence-electron chi connectivity index (χ3n) is 4.47. The van der Waals surface area contributed by atoms with E-state index in [0.717, 1.165) is 18.4 Å². The number of rotatable bonds is 2. The van der Waals surface area contributed by atoms with Gasteiger partial charge in [-0.25, -0.2) is 8.42 Å². The van der Waals surface area contributed by atoms with Gasteiger partial charge >= 0.3 is 0 Å². The van der Waals surface area contributed by atoms with Crippen molar-refractivity contribution in [2.24, 2.45) is 0 Å². The number of hydrogen-bond donors (Lipinski definition) is 0. The van der Waals surface area contributed by atoms with Crippen LogP contribution >= 0.6 is 0 Å². The van der Waals surface area contributed by atoms with E-state index in [9.17, 15) is 8.42 Å². The molecule has 116 valence electrons. The van der Waals surface area contributed by atoms with Crippen molar-refractivity contribution in [3.8, 4) is 0 Å². The summed E-state index contributed by atoms with van der Waals surface area (Å²) >= 11 is 0. The van der Waals surface area contributed by atoms with Crippen LogP contribution in [0.4, 0.5) is 0 Å². The number of benzene rings is 1. The number of fused-ring (bicyclic) bond motifs is 2. The molecule has 4 nitrogen and oxygen atoms in total. The Labute approximate surface area is 127 Å². The first-order chi connectivity index (χ1) is 9.80. The molecule has 0 spiro atoms. The molecule has 2 aliphatic rings. The van der Waals surface area contributed by atoms with Crippen molar-refractivity contribution in [2.45, 2.75) is 56.0 Å².